The molecule has 0 spiro atoms. The van der Waals surface area contributed by atoms with Crippen molar-refractivity contribution in [1.29, 1.82) is 0 Å². The van der Waals surface area contributed by atoms with Crippen LogP contribution in [0.15, 0.2) is 72.9 Å². The molecule has 0 unspecified atom stereocenters. The van der Waals surface area contributed by atoms with Gasteiger partial charge < -0.3 is 10.6 Å². The Morgan fingerprint density at radius 2 is 1.42 bits per heavy atom. The van der Waals surface area contributed by atoms with Crippen LogP contribution in [0.2, 0.25) is 0 Å². The number of aromatic nitrogens is 5. The minimum Gasteiger partial charge on any atom is -0.321 e. The fourth-order valence-corrected chi connectivity index (χ4v) is 3.62. The molecular weight excluding hydrogens is 506 g/mol. The van der Waals surface area contributed by atoms with Gasteiger partial charge in [-0.2, -0.15) is 23.4 Å². The number of nitrogens with zero attached hydrogens (tertiary/aromatic N) is 5. The number of benzene rings is 2. The second-order valence-corrected chi connectivity index (χ2v) is 8.19. The number of alkyl halides is 3. The van der Waals surface area contributed by atoms with E-state index >= 15 is 0 Å². The first-order valence-corrected chi connectivity index (χ1v) is 11.0. The van der Waals surface area contributed by atoms with E-state index in [0.29, 0.717) is 15.9 Å². The topological polar surface area (TPSA) is 106 Å². The van der Waals surface area contributed by atoms with E-state index in [1.54, 1.807) is 31.4 Å². The number of hydrogen-bond donors (Lipinski definition) is 2. The fourth-order valence-electron chi connectivity index (χ4n) is 3.62. The Morgan fingerprint density at radius 1 is 0.816 bits per heavy atom. The second-order valence-electron chi connectivity index (χ2n) is 8.19. The summed E-state index contributed by atoms with van der Waals surface area (Å²) in [5.41, 5.74) is -0.455. The Balaban J connectivity index is 1.37. The van der Waals surface area contributed by atoms with Crippen LogP contribution in [-0.4, -0.2) is 36.2 Å². The predicted octanol–water partition coefficient (Wildman–Crippen LogP) is 4.79. The molecule has 0 aliphatic rings. The summed E-state index contributed by atoms with van der Waals surface area (Å²) in [6.45, 7) is 0. The maximum atomic E-state index is 13.8. The van der Waals surface area contributed by atoms with Crippen LogP contribution in [0.4, 0.5) is 28.9 Å². The Morgan fingerprint density at radius 3 is 1.97 bits per heavy atom. The van der Waals surface area contributed by atoms with Crippen LogP contribution in [0, 0.1) is 5.82 Å². The average Bonchev–Trinajstić information content (AvgIpc) is 3.51. The highest BCUT2D eigenvalue weighted by atomic mass is 19.4. The average molecular weight is 523 g/mol. The monoisotopic (exact) mass is 523 g/mol. The smallest absolute Gasteiger partial charge is 0.321 e. The number of amides is 2. The molecule has 0 saturated carbocycles. The van der Waals surface area contributed by atoms with E-state index in [2.05, 4.69) is 25.8 Å². The molecule has 5 aromatic rings. The van der Waals surface area contributed by atoms with Gasteiger partial charge in [0.1, 0.15) is 5.82 Å². The molecule has 3 heterocycles. The lowest BCUT2D eigenvalue weighted by Crippen LogP contribution is -2.16. The third-order valence-electron chi connectivity index (χ3n) is 5.44. The maximum absolute atomic E-state index is 13.8. The molecule has 2 aromatic carbocycles. The quantitative estimate of drug-likeness (QED) is 0.322. The number of nitrogens with one attached hydrogen (secondary N) is 2. The molecule has 2 amide bonds. The first-order valence-electron chi connectivity index (χ1n) is 11.0. The van der Waals surface area contributed by atoms with Crippen LogP contribution in [0.1, 0.15) is 26.7 Å². The fraction of sp³-hybridized carbons (Fsp3) is 0.0800. The van der Waals surface area contributed by atoms with Crippen molar-refractivity contribution in [2.24, 2.45) is 7.05 Å². The van der Waals surface area contributed by atoms with Gasteiger partial charge in [0.2, 0.25) is 0 Å². The van der Waals surface area contributed by atoms with Gasteiger partial charge in [-0.15, -0.1) is 0 Å². The van der Waals surface area contributed by atoms with Gasteiger partial charge in [-0.3, -0.25) is 14.3 Å². The molecule has 0 bridgehead atoms. The molecule has 192 valence electrons. The van der Waals surface area contributed by atoms with Crippen LogP contribution < -0.4 is 10.6 Å². The summed E-state index contributed by atoms with van der Waals surface area (Å²) in [6.07, 6.45) is -3.17. The van der Waals surface area contributed by atoms with E-state index in [1.807, 2.05) is 0 Å². The van der Waals surface area contributed by atoms with Gasteiger partial charge in [0.25, 0.3) is 11.8 Å². The summed E-state index contributed by atoms with van der Waals surface area (Å²) < 4.78 is 56.7. The van der Waals surface area contributed by atoms with E-state index in [-0.39, 0.29) is 28.3 Å². The van der Waals surface area contributed by atoms with Crippen LogP contribution in [0.5, 0.6) is 0 Å². The number of anilines is 2. The highest BCUT2D eigenvalue weighted by Crippen LogP contribution is 2.32. The van der Waals surface area contributed by atoms with Gasteiger partial charge >= 0.3 is 6.18 Å². The molecule has 0 aliphatic carbocycles. The normalized spacial score (nSPS) is 11.5. The Hall–Kier alpha value is -5.07. The van der Waals surface area contributed by atoms with Crippen molar-refractivity contribution in [1.82, 2.24) is 24.4 Å². The molecule has 0 fully saturated rings. The zero-order valence-electron chi connectivity index (χ0n) is 19.5. The summed E-state index contributed by atoms with van der Waals surface area (Å²) in [5.74, 6) is -1.73. The molecule has 3 aromatic heterocycles. The molecule has 0 aliphatic heterocycles. The lowest BCUT2D eigenvalue weighted by Gasteiger charge is -2.11. The molecule has 5 rings (SSSR count). The van der Waals surface area contributed by atoms with Crippen molar-refractivity contribution in [3.05, 3.63) is 95.8 Å². The number of carbonyl (C=O) groups excluding carboxylic acids is 2. The zero-order chi connectivity index (χ0) is 27.0. The van der Waals surface area contributed by atoms with Gasteiger partial charge in [0.15, 0.2) is 22.7 Å². The molecule has 38 heavy (non-hydrogen) atoms. The highest BCUT2D eigenvalue weighted by Gasteiger charge is 2.35. The van der Waals surface area contributed by atoms with E-state index in [4.69, 9.17) is 0 Å². The van der Waals surface area contributed by atoms with Gasteiger partial charge in [-0.1, -0.05) is 0 Å². The number of halogens is 4. The first kappa shape index (κ1) is 24.6. The van der Waals surface area contributed by atoms with E-state index < -0.39 is 29.5 Å². The predicted molar refractivity (Wildman–Crippen MR) is 129 cm³/mol. The summed E-state index contributed by atoms with van der Waals surface area (Å²) in [5, 5.41) is 13.0. The second kappa shape index (κ2) is 9.42. The number of hydrogen-bond acceptors (Lipinski definition) is 5. The molecule has 0 atom stereocenters. The van der Waals surface area contributed by atoms with Gasteiger partial charge in [0.05, 0.1) is 5.69 Å². The number of carbonyl (C=O) groups is 2. The van der Waals surface area contributed by atoms with Crippen molar-refractivity contribution < 1.29 is 27.2 Å². The molecule has 0 saturated heterocycles. The molecular formula is C25H17F4N7O2. The molecule has 2 N–H and O–H groups in total. The zero-order valence-corrected chi connectivity index (χ0v) is 19.5. The molecule has 0 radical (unpaired) electrons. The van der Waals surface area contributed by atoms with Crippen LogP contribution >= 0.6 is 0 Å². The third-order valence-corrected chi connectivity index (χ3v) is 5.44. The highest BCUT2D eigenvalue weighted by molar-refractivity contribution is 6.04. The summed E-state index contributed by atoms with van der Waals surface area (Å²) in [4.78, 5) is 29.2. The Kier molecular flexibility index (Phi) is 6.11. The van der Waals surface area contributed by atoms with Gasteiger partial charge in [-0.25, -0.2) is 13.9 Å². The molecule has 13 heteroatoms. The van der Waals surface area contributed by atoms with Crippen molar-refractivity contribution in [2.45, 2.75) is 6.18 Å². The summed E-state index contributed by atoms with van der Waals surface area (Å²) >= 11 is 0. The molecule has 9 nitrogen and oxygen atoms in total. The van der Waals surface area contributed by atoms with Crippen molar-refractivity contribution in [3.8, 4) is 11.3 Å². The summed E-state index contributed by atoms with van der Waals surface area (Å²) in [6, 6.07) is 14.4. The van der Waals surface area contributed by atoms with Gasteiger partial charge in [-0.05, 0) is 60.7 Å². The largest absolute Gasteiger partial charge is 0.433 e. The number of fused-ring (bicyclic) bond motifs is 1. The van der Waals surface area contributed by atoms with Gasteiger partial charge in [0, 0.05) is 36.2 Å². The van der Waals surface area contributed by atoms with Crippen LogP contribution in [0.25, 0.3) is 16.9 Å². The minimum absolute atomic E-state index is 0.0555. The van der Waals surface area contributed by atoms with E-state index in [9.17, 15) is 27.2 Å². The Labute approximate surface area is 211 Å². The first-order chi connectivity index (χ1) is 18.1. The Bertz CT molecular complexity index is 1660. The minimum atomic E-state index is -4.80. The van der Waals surface area contributed by atoms with Crippen molar-refractivity contribution >= 4 is 28.8 Å². The van der Waals surface area contributed by atoms with Crippen LogP contribution in [-0.2, 0) is 13.2 Å². The standard InChI is InChI=1S/C25H17F4N7O2/c1-35-11-10-18(33-35)23(37)30-16-6-8-17(9-7-16)31-24(38)20-13-22-32-19(14-2-4-15(26)5-3-14)12-21(25(27,28)29)36(22)34-20/h2-13H,1H3,(H,30,37)(H,31,38). The SMILES string of the molecule is Cn1ccc(C(=O)Nc2ccc(NC(=O)c3cc4nc(-c5ccc(F)cc5)cc(C(F)(F)F)n4n3)cc2)n1. The van der Waals surface area contributed by atoms with E-state index in [1.165, 1.54) is 28.9 Å². The maximum Gasteiger partial charge on any atom is 0.433 e. The lowest BCUT2D eigenvalue weighted by molar-refractivity contribution is -0.142. The van der Waals surface area contributed by atoms with Crippen molar-refractivity contribution in [3.63, 3.8) is 0 Å². The lowest BCUT2D eigenvalue weighted by atomic mass is 10.1. The number of aryl methyl sites for hydroxylation is 1. The number of rotatable bonds is 5. The van der Waals surface area contributed by atoms with E-state index in [0.717, 1.165) is 24.3 Å². The van der Waals surface area contributed by atoms with Crippen molar-refractivity contribution in [2.75, 3.05) is 10.6 Å². The summed E-state index contributed by atoms with van der Waals surface area (Å²) in [7, 11) is 1.68. The third kappa shape index (κ3) is 5.07. The van der Waals surface area contributed by atoms with Crippen LogP contribution in [0.3, 0.4) is 0 Å².